The van der Waals surface area contributed by atoms with Crippen LogP contribution in [-0.2, 0) is 21.2 Å². The van der Waals surface area contributed by atoms with E-state index in [0.717, 1.165) is 5.56 Å². The molecule has 0 unspecified atom stereocenters. The number of nitrogens with one attached hydrogen (secondary N) is 1. The van der Waals surface area contributed by atoms with Gasteiger partial charge in [0, 0.05) is 28.6 Å². The van der Waals surface area contributed by atoms with Gasteiger partial charge < -0.3 is 4.74 Å². The van der Waals surface area contributed by atoms with Crippen molar-refractivity contribution in [2.45, 2.75) is 38.0 Å². The fraction of sp³-hybridized carbons (Fsp3) is 0.600. The molecule has 1 aromatic carbocycles. The van der Waals surface area contributed by atoms with Crippen molar-refractivity contribution in [2.24, 2.45) is 5.92 Å². The second-order valence-corrected chi connectivity index (χ2v) is 8.63. The van der Waals surface area contributed by atoms with Crippen LogP contribution in [0, 0.1) is 5.92 Å². The maximum absolute atomic E-state index is 12.5. The summed E-state index contributed by atoms with van der Waals surface area (Å²) in [7, 11) is -3.39. The highest BCUT2D eigenvalue weighted by atomic mass is 35.5. The highest BCUT2D eigenvalue weighted by Gasteiger charge is 2.37. The van der Waals surface area contributed by atoms with Gasteiger partial charge in [0.15, 0.2) is 0 Å². The minimum absolute atomic E-state index is 0.127. The van der Waals surface area contributed by atoms with Crippen LogP contribution >= 0.6 is 23.2 Å². The molecule has 124 valence electrons. The first-order chi connectivity index (χ1) is 10.3. The number of hydrogen-bond acceptors (Lipinski definition) is 3. The average molecular weight is 366 g/mol. The lowest BCUT2D eigenvalue weighted by atomic mass is 9.93. The highest BCUT2D eigenvalue weighted by Crippen LogP contribution is 2.31. The Morgan fingerprint density at radius 1 is 1.32 bits per heavy atom. The molecule has 0 radical (unpaired) electrons. The van der Waals surface area contributed by atoms with E-state index in [1.807, 2.05) is 13.8 Å². The first kappa shape index (κ1) is 18.0. The molecule has 2 atom stereocenters. The highest BCUT2D eigenvalue weighted by molar-refractivity contribution is 7.90. The van der Waals surface area contributed by atoms with E-state index in [2.05, 4.69) is 4.72 Å². The number of ether oxygens (including phenoxy) is 1. The standard InChI is InChI=1S/C15H21Cl2NO3S/c1-10(2)18-22(19,20)15-6-7-21-9-11(15)8-12-13(16)4-3-5-14(12)17/h3-5,10-11,15,18H,6-9H2,1-2H3/t11-,15+/m0/s1. The van der Waals surface area contributed by atoms with Gasteiger partial charge >= 0.3 is 0 Å². The predicted octanol–water partition coefficient (Wildman–Crippen LogP) is 3.27. The molecule has 0 amide bonds. The molecule has 0 bridgehead atoms. The Morgan fingerprint density at radius 2 is 1.95 bits per heavy atom. The third-order valence-electron chi connectivity index (χ3n) is 3.73. The van der Waals surface area contributed by atoms with Crippen LogP contribution in [0.2, 0.25) is 10.0 Å². The zero-order chi connectivity index (χ0) is 16.3. The molecular formula is C15H21Cl2NO3S. The summed E-state index contributed by atoms with van der Waals surface area (Å²) in [6.45, 7) is 4.48. The van der Waals surface area contributed by atoms with Crippen LogP contribution in [-0.4, -0.2) is 32.9 Å². The van der Waals surface area contributed by atoms with Crippen molar-refractivity contribution in [3.8, 4) is 0 Å². The monoisotopic (exact) mass is 365 g/mol. The van der Waals surface area contributed by atoms with Gasteiger partial charge in [0.1, 0.15) is 0 Å². The van der Waals surface area contributed by atoms with Gasteiger partial charge in [0.2, 0.25) is 10.0 Å². The fourth-order valence-electron chi connectivity index (χ4n) is 2.78. The first-order valence-corrected chi connectivity index (χ1v) is 9.63. The average Bonchev–Trinajstić information content (AvgIpc) is 2.42. The molecule has 1 saturated heterocycles. The largest absolute Gasteiger partial charge is 0.381 e. The Morgan fingerprint density at radius 3 is 2.55 bits per heavy atom. The molecule has 1 N–H and O–H groups in total. The minimum Gasteiger partial charge on any atom is -0.381 e. The maximum Gasteiger partial charge on any atom is 0.215 e. The van der Waals surface area contributed by atoms with Gasteiger partial charge in [-0.3, -0.25) is 0 Å². The van der Waals surface area contributed by atoms with Crippen molar-refractivity contribution >= 4 is 33.2 Å². The Balaban J connectivity index is 2.24. The zero-order valence-corrected chi connectivity index (χ0v) is 15.0. The molecule has 1 aromatic rings. The summed E-state index contributed by atoms with van der Waals surface area (Å²) < 4.78 is 33.2. The van der Waals surface area contributed by atoms with Gasteiger partial charge in [0.05, 0.1) is 11.9 Å². The van der Waals surface area contributed by atoms with Crippen molar-refractivity contribution in [3.63, 3.8) is 0 Å². The van der Waals surface area contributed by atoms with Gasteiger partial charge in [-0.1, -0.05) is 29.3 Å². The Labute approximate surface area is 142 Å². The lowest BCUT2D eigenvalue weighted by molar-refractivity contribution is 0.0570. The lowest BCUT2D eigenvalue weighted by Crippen LogP contribution is -2.46. The molecule has 7 heteroatoms. The molecule has 0 aliphatic carbocycles. The second kappa shape index (κ2) is 7.49. The summed E-state index contributed by atoms with van der Waals surface area (Å²) in [5.74, 6) is -0.164. The van der Waals surface area contributed by atoms with Crippen LogP contribution in [0.1, 0.15) is 25.8 Å². The third kappa shape index (κ3) is 4.36. The van der Waals surface area contributed by atoms with Crippen molar-refractivity contribution < 1.29 is 13.2 Å². The number of halogens is 2. The molecule has 22 heavy (non-hydrogen) atoms. The Kier molecular flexibility index (Phi) is 6.14. The number of benzene rings is 1. The molecule has 1 fully saturated rings. The van der Waals surface area contributed by atoms with Gasteiger partial charge in [-0.05, 0) is 44.4 Å². The van der Waals surface area contributed by atoms with E-state index in [1.165, 1.54) is 0 Å². The summed E-state index contributed by atoms with van der Waals surface area (Å²) >= 11 is 12.4. The summed E-state index contributed by atoms with van der Waals surface area (Å²) in [5, 5.41) is 0.632. The molecule has 1 aliphatic heterocycles. The summed E-state index contributed by atoms with van der Waals surface area (Å²) in [5.41, 5.74) is 0.783. The van der Waals surface area contributed by atoms with Crippen molar-refractivity contribution in [1.29, 1.82) is 0 Å². The van der Waals surface area contributed by atoms with Crippen LogP contribution in [0.15, 0.2) is 18.2 Å². The third-order valence-corrected chi connectivity index (χ3v) is 6.66. The van der Waals surface area contributed by atoms with Gasteiger partial charge in [-0.25, -0.2) is 13.1 Å². The van der Waals surface area contributed by atoms with E-state index in [0.29, 0.717) is 36.1 Å². The number of hydrogen-bond donors (Lipinski definition) is 1. The molecular weight excluding hydrogens is 345 g/mol. The Bertz CT molecular complexity index is 599. The normalized spacial score (nSPS) is 23.0. The van der Waals surface area contributed by atoms with E-state index in [1.54, 1.807) is 18.2 Å². The summed E-state index contributed by atoms with van der Waals surface area (Å²) in [6, 6.07) is 5.18. The molecule has 0 saturated carbocycles. The SMILES string of the molecule is CC(C)NS(=O)(=O)[C@@H]1CCOC[C@@H]1Cc1c(Cl)cccc1Cl. The van der Waals surface area contributed by atoms with E-state index in [4.69, 9.17) is 27.9 Å². The van der Waals surface area contributed by atoms with Crippen molar-refractivity contribution in [3.05, 3.63) is 33.8 Å². The smallest absolute Gasteiger partial charge is 0.215 e. The molecule has 0 aromatic heterocycles. The fourth-order valence-corrected chi connectivity index (χ4v) is 5.25. The van der Waals surface area contributed by atoms with Crippen molar-refractivity contribution in [2.75, 3.05) is 13.2 Å². The van der Waals surface area contributed by atoms with Crippen LogP contribution in [0.25, 0.3) is 0 Å². The first-order valence-electron chi connectivity index (χ1n) is 7.33. The van der Waals surface area contributed by atoms with E-state index in [-0.39, 0.29) is 12.0 Å². The van der Waals surface area contributed by atoms with E-state index >= 15 is 0 Å². The Hall–Kier alpha value is -0.330. The predicted molar refractivity (Wildman–Crippen MR) is 90.1 cm³/mol. The zero-order valence-electron chi connectivity index (χ0n) is 12.7. The topological polar surface area (TPSA) is 55.4 Å². The van der Waals surface area contributed by atoms with Gasteiger partial charge in [-0.2, -0.15) is 0 Å². The minimum atomic E-state index is -3.39. The summed E-state index contributed by atoms with van der Waals surface area (Å²) in [6.07, 6.45) is 0.969. The van der Waals surface area contributed by atoms with Gasteiger partial charge in [0.25, 0.3) is 0 Å². The van der Waals surface area contributed by atoms with Gasteiger partial charge in [-0.15, -0.1) is 0 Å². The quantitative estimate of drug-likeness (QED) is 0.870. The van der Waals surface area contributed by atoms with Crippen LogP contribution < -0.4 is 4.72 Å². The molecule has 1 heterocycles. The molecule has 1 aliphatic rings. The molecule has 0 spiro atoms. The van der Waals surface area contributed by atoms with Crippen LogP contribution in [0.5, 0.6) is 0 Å². The maximum atomic E-state index is 12.5. The lowest BCUT2D eigenvalue weighted by Gasteiger charge is -2.32. The molecule has 2 rings (SSSR count). The van der Waals surface area contributed by atoms with Crippen LogP contribution in [0.3, 0.4) is 0 Å². The van der Waals surface area contributed by atoms with E-state index in [9.17, 15) is 8.42 Å². The van der Waals surface area contributed by atoms with Crippen LogP contribution in [0.4, 0.5) is 0 Å². The van der Waals surface area contributed by atoms with E-state index < -0.39 is 15.3 Å². The summed E-state index contributed by atoms with van der Waals surface area (Å²) in [4.78, 5) is 0. The van der Waals surface area contributed by atoms with Crippen molar-refractivity contribution in [1.82, 2.24) is 4.72 Å². The molecule has 4 nitrogen and oxygen atoms in total. The number of rotatable bonds is 5. The second-order valence-electron chi connectivity index (χ2n) is 5.88. The number of sulfonamides is 1.